The van der Waals surface area contributed by atoms with E-state index in [1.54, 1.807) is 6.07 Å². The molecule has 5 heteroatoms. The van der Waals surface area contributed by atoms with Gasteiger partial charge in [-0.25, -0.2) is 9.78 Å². The SMILES string of the molecule is COC(=O)/C=C\c1c(OC)ccnc1N. The molecule has 0 saturated carbocycles. The zero-order valence-electron chi connectivity index (χ0n) is 8.56. The fourth-order valence-electron chi connectivity index (χ4n) is 1.04. The molecule has 0 aliphatic rings. The maximum Gasteiger partial charge on any atom is 0.330 e. The molecule has 1 rings (SSSR count). The maximum absolute atomic E-state index is 10.9. The molecule has 0 atom stereocenters. The van der Waals surface area contributed by atoms with Crippen molar-refractivity contribution >= 4 is 17.9 Å². The summed E-state index contributed by atoms with van der Waals surface area (Å²) in [4.78, 5) is 14.8. The monoisotopic (exact) mass is 208 g/mol. The third kappa shape index (κ3) is 2.70. The molecule has 0 spiro atoms. The molecule has 0 amide bonds. The van der Waals surface area contributed by atoms with Gasteiger partial charge in [-0.05, 0) is 12.1 Å². The highest BCUT2D eigenvalue weighted by atomic mass is 16.5. The van der Waals surface area contributed by atoms with Gasteiger partial charge >= 0.3 is 5.97 Å². The molecule has 2 N–H and O–H groups in total. The number of nitrogen functional groups attached to an aromatic ring is 1. The van der Waals surface area contributed by atoms with Crippen molar-refractivity contribution in [2.24, 2.45) is 0 Å². The van der Waals surface area contributed by atoms with E-state index in [0.29, 0.717) is 17.1 Å². The molecule has 5 nitrogen and oxygen atoms in total. The summed E-state index contributed by atoms with van der Waals surface area (Å²) in [7, 11) is 2.82. The molecule has 80 valence electrons. The van der Waals surface area contributed by atoms with E-state index in [-0.39, 0.29) is 0 Å². The van der Waals surface area contributed by atoms with E-state index in [9.17, 15) is 4.79 Å². The Kier molecular flexibility index (Phi) is 3.68. The summed E-state index contributed by atoms with van der Waals surface area (Å²) in [6, 6.07) is 1.66. The minimum absolute atomic E-state index is 0.300. The van der Waals surface area contributed by atoms with Crippen LogP contribution in [0.15, 0.2) is 18.3 Å². The van der Waals surface area contributed by atoms with Crippen molar-refractivity contribution in [1.29, 1.82) is 0 Å². The summed E-state index contributed by atoms with van der Waals surface area (Å²) in [6.45, 7) is 0. The van der Waals surface area contributed by atoms with Crippen molar-refractivity contribution < 1.29 is 14.3 Å². The Labute approximate surface area is 87.5 Å². The predicted octanol–water partition coefficient (Wildman–Crippen LogP) is 0.859. The average Bonchev–Trinajstić information content (AvgIpc) is 2.26. The summed E-state index contributed by atoms with van der Waals surface area (Å²) in [6.07, 6.45) is 4.30. The van der Waals surface area contributed by atoms with Crippen molar-refractivity contribution in [1.82, 2.24) is 4.98 Å². The number of carbonyl (C=O) groups excluding carboxylic acids is 1. The second-order valence-electron chi connectivity index (χ2n) is 2.67. The highest BCUT2D eigenvalue weighted by molar-refractivity contribution is 5.88. The molecule has 0 aliphatic carbocycles. The van der Waals surface area contributed by atoms with E-state index in [1.807, 2.05) is 0 Å². The van der Waals surface area contributed by atoms with E-state index in [0.717, 1.165) is 0 Å². The van der Waals surface area contributed by atoms with Crippen LogP contribution >= 0.6 is 0 Å². The number of hydrogen-bond acceptors (Lipinski definition) is 5. The lowest BCUT2D eigenvalue weighted by molar-refractivity contribution is -0.134. The van der Waals surface area contributed by atoms with E-state index >= 15 is 0 Å². The van der Waals surface area contributed by atoms with Gasteiger partial charge in [0, 0.05) is 12.3 Å². The van der Waals surface area contributed by atoms with Crippen LogP contribution in [0.25, 0.3) is 6.08 Å². The largest absolute Gasteiger partial charge is 0.496 e. The highest BCUT2D eigenvalue weighted by Gasteiger charge is 2.04. The number of hydrogen-bond donors (Lipinski definition) is 1. The van der Waals surface area contributed by atoms with Gasteiger partial charge in [-0.15, -0.1) is 0 Å². The van der Waals surface area contributed by atoms with Gasteiger partial charge in [-0.2, -0.15) is 0 Å². The number of pyridine rings is 1. The van der Waals surface area contributed by atoms with Crippen LogP contribution in [0.4, 0.5) is 5.82 Å². The Hall–Kier alpha value is -2.04. The van der Waals surface area contributed by atoms with Crippen LogP contribution in [0.1, 0.15) is 5.56 Å². The molecule has 0 bridgehead atoms. The molecular formula is C10H12N2O3. The predicted molar refractivity (Wildman–Crippen MR) is 56.3 cm³/mol. The molecule has 0 radical (unpaired) electrons. The fraction of sp³-hybridized carbons (Fsp3) is 0.200. The quantitative estimate of drug-likeness (QED) is 0.589. The Balaban J connectivity index is 3.02. The highest BCUT2D eigenvalue weighted by Crippen LogP contribution is 2.23. The lowest BCUT2D eigenvalue weighted by Gasteiger charge is -2.05. The minimum Gasteiger partial charge on any atom is -0.496 e. The third-order valence-corrected chi connectivity index (χ3v) is 1.79. The van der Waals surface area contributed by atoms with Crippen LogP contribution in [-0.4, -0.2) is 25.2 Å². The summed E-state index contributed by atoms with van der Waals surface area (Å²) < 4.78 is 9.53. The molecule has 15 heavy (non-hydrogen) atoms. The summed E-state index contributed by atoms with van der Waals surface area (Å²) in [5.74, 6) is 0.400. The number of aromatic nitrogens is 1. The van der Waals surface area contributed by atoms with E-state index in [1.165, 1.54) is 32.6 Å². The number of esters is 1. The Morgan fingerprint density at radius 1 is 1.53 bits per heavy atom. The van der Waals surface area contributed by atoms with Gasteiger partial charge in [0.25, 0.3) is 0 Å². The van der Waals surface area contributed by atoms with Crippen molar-refractivity contribution in [3.63, 3.8) is 0 Å². The van der Waals surface area contributed by atoms with Crippen molar-refractivity contribution in [3.05, 3.63) is 23.9 Å². The molecule has 0 aliphatic heterocycles. The number of nitrogens with zero attached hydrogens (tertiary/aromatic N) is 1. The first-order valence-electron chi connectivity index (χ1n) is 4.23. The van der Waals surface area contributed by atoms with Crippen LogP contribution in [-0.2, 0) is 9.53 Å². The van der Waals surface area contributed by atoms with Gasteiger partial charge < -0.3 is 15.2 Å². The smallest absolute Gasteiger partial charge is 0.330 e. The fourth-order valence-corrected chi connectivity index (χ4v) is 1.04. The minimum atomic E-state index is -0.458. The topological polar surface area (TPSA) is 74.4 Å². The van der Waals surface area contributed by atoms with Crippen LogP contribution in [0, 0.1) is 0 Å². The third-order valence-electron chi connectivity index (χ3n) is 1.79. The number of rotatable bonds is 3. The molecular weight excluding hydrogens is 196 g/mol. The van der Waals surface area contributed by atoms with Crippen molar-refractivity contribution in [2.45, 2.75) is 0 Å². The molecule has 0 unspecified atom stereocenters. The van der Waals surface area contributed by atoms with E-state index in [2.05, 4.69) is 9.72 Å². The molecule has 1 aromatic heterocycles. The van der Waals surface area contributed by atoms with Gasteiger partial charge in [0.15, 0.2) is 0 Å². The number of carbonyl (C=O) groups is 1. The van der Waals surface area contributed by atoms with E-state index < -0.39 is 5.97 Å². The van der Waals surface area contributed by atoms with Gasteiger partial charge in [0.2, 0.25) is 0 Å². The van der Waals surface area contributed by atoms with Gasteiger partial charge in [0.1, 0.15) is 11.6 Å². The van der Waals surface area contributed by atoms with Gasteiger partial charge in [-0.3, -0.25) is 0 Å². The Bertz CT molecular complexity index is 388. The van der Waals surface area contributed by atoms with Crippen LogP contribution < -0.4 is 10.5 Å². The lowest BCUT2D eigenvalue weighted by Crippen LogP contribution is -1.98. The zero-order valence-corrected chi connectivity index (χ0v) is 8.56. The Morgan fingerprint density at radius 2 is 2.27 bits per heavy atom. The molecule has 1 aromatic rings. The zero-order chi connectivity index (χ0) is 11.3. The second kappa shape index (κ2) is 4.99. The molecule has 1 heterocycles. The van der Waals surface area contributed by atoms with Crippen molar-refractivity contribution in [2.75, 3.05) is 20.0 Å². The summed E-state index contributed by atoms with van der Waals surface area (Å²) in [5, 5.41) is 0. The summed E-state index contributed by atoms with van der Waals surface area (Å²) >= 11 is 0. The first-order chi connectivity index (χ1) is 7.19. The normalized spacial score (nSPS) is 10.3. The molecule has 0 fully saturated rings. The molecule has 0 saturated heterocycles. The van der Waals surface area contributed by atoms with E-state index in [4.69, 9.17) is 10.5 Å². The lowest BCUT2D eigenvalue weighted by atomic mass is 10.2. The molecule has 0 aromatic carbocycles. The first kappa shape index (κ1) is 11.0. The van der Waals surface area contributed by atoms with Crippen LogP contribution in [0.2, 0.25) is 0 Å². The average molecular weight is 208 g/mol. The number of ether oxygens (including phenoxy) is 2. The first-order valence-corrected chi connectivity index (χ1v) is 4.23. The standard InChI is InChI=1S/C10H12N2O3/c1-14-8-5-6-12-10(11)7(8)3-4-9(13)15-2/h3-6H,1-2H3,(H2,11,12)/b4-3-. The van der Waals surface area contributed by atoms with Gasteiger partial charge in [-0.1, -0.05) is 0 Å². The summed E-state index contributed by atoms with van der Waals surface area (Å²) in [5.41, 5.74) is 6.19. The number of anilines is 1. The Morgan fingerprint density at radius 3 is 2.87 bits per heavy atom. The maximum atomic E-state index is 10.9. The van der Waals surface area contributed by atoms with Crippen molar-refractivity contribution in [3.8, 4) is 5.75 Å². The number of nitrogens with two attached hydrogens (primary N) is 1. The second-order valence-corrected chi connectivity index (χ2v) is 2.67. The van der Waals surface area contributed by atoms with Crippen LogP contribution in [0.5, 0.6) is 5.75 Å². The number of methoxy groups -OCH3 is 2. The van der Waals surface area contributed by atoms with Crippen LogP contribution in [0.3, 0.4) is 0 Å². The van der Waals surface area contributed by atoms with Gasteiger partial charge in [0.05, 0.1) is 19.8 Å².